The van der Waals surface area contributed by atoms with Gasteiger partial charge in [-0.3, -0.25) is 9.52 Å². The maximum Gasteiger partial charge on any atom is 0.416 e. The molecular formula is C25H30F3N3O3S. The number of sulfonamides is 1. The summed E-state index contributed by atoms with van der Waals surface area (Å²) in [5.74, 6) is 0.478. The van der Waals surface area contributed by atoms with Crippen LogP contribution in [0.25, 0.3) is 10.9 Å². The lowest BCUT2D eigenvalue weighted by Crippen LogP contribution is -2.29. The minimum atomic E-state index is -4.66. The molecule has 6 nitrogen and oxygen atoms in total. The maximum absolute atomic E-state index is 13.0. The third-order valence-electron chi connectivity index (χ3n) is 5.46. The van der Waals surface area contributed by atoms with Crippen LogP contribution in [-0.4, -0.2) is 25.4 Å². The summed E-state index contributed by atoms with van der Waals surface area (Å²) in [6.45, 7) is 9.30. The number of nitrogens with one attached hydrogen (secondary N) is 2. The van der Waals surface area contributed by atoms with Crippen LogP contribution in [0.2, 0.25) is 0 Å². The lowest BCUT2D eigenvalue weighted by atomic mass is 10.1. The van der Waals surface area contributed by atoms with Gasteiger partial charge in [0.2, 0.25) is 0 Å². The summed E-state index contributed by atoms with van der Waals surface area (Å²) in [5, 5.41) is 3.56. The third kappa shape index (κ3) is 6.56. The van der Waals surface area contributed by atoms with Gasteiger partial charge in [-0.05, 0) is 60.7 Å². The Morgan fingerprint density at radius 3 is 2.34 bits per heavy atom. The van der Waals surface area contributed by atoms with Crippen molar-refractivity contribution in [2.24, 2.45) is 11.8 Å². The number of aromatic nitrogens is 1. The van der Waals surface area contributed by atoms with Gasteiger partial charge in [-0.1, -0.05) is 33.8 Å². The van der Waals surface area contributed by atoms with Crippen molar-refractivity contribution in [3.63, 3.8) is 0 Å². The molecule has 1 heterocycles. The highest BCUT2D eigenvalue weighted by Gasteiger charge is 2.31. The summed E-state index contributed by atoms with van der Waals surface area (Å²) in [7, 11) is -4.26. The van der Waals surface area contributed by atoms with Crippen LogP contribution in [0, 0.1) is 11.8 Å². The number of fused-ring (bicyclic) bond motifs is 1. The number of anilines is 1. The number of aryl methyl sites for hydroxylation is 1. The Morgan fingerprint density at radius 1 is 1.00 bits per heavy atom. The van der Waals surface area contributed by atoms with Crippen molar-refractivity contribution < 1.29 is 26.4 Å². The molecule has 35 heavy (non-hydrogen) atoms. The molecule has 0 bridgehead atoms. The van der Waals surface area contributed by atoms with Crippen LogP contribution in [0.4, 0.5) is 18.9 Å². The van der Waals surface area contributed by atoms with Crippen LogP contribution in [0.15, 0.2) is 53.4 Å². The Hall–Kier alpha value is -3.01. The van der Waals surface area contributed by atoms with Gasteiger partial charge in [0.1, 0.15) is 5.69 Å². The topological polar surface area (TPSA) is 80.2 Å². The summed E-state index contributed by atoms with van der Waals surface area (Å²) < 4.78 is 68.9. The van der Waals surface area contributed by atoms with E-state index in [0.717, 1.165) is 30.1 Å². The molecule has 0 aliphatic heterocycles. The fraction of sp³-hybridized carbons (Fsp3) is 0.400. The van der Waals surface area contributed by atoms with Crippen LogP contribution < -0.4 is 10.0 Å². The van der Waals surface area contributed by atoms with Gasteiger partial charge < -0.3 is 9.88 Å². The highest BCUT2D eigenvalue weighted by atomic mass is 32.2. The molecule has 0 aliphatic carbocycles. The van der Waals surface area contributed by atoms with E-state index in [9.17, 15) is 26.4 Å². The molecule has 0 unspecified atom stereocenters. The zero-order chi connectivity index (χ0) is 26.0. The largest absolute Gasteiger partial charge is 0.416 e. The van der Waals surface area contributed by atoms with Crippen molar-refractivity contribution in [1.82, 2.24) is 9.88 Å². The Balaban J connectivity index is 1.96. The van der Waals surface area contributed by atoms with E-state index in [4.69, 9.17) is 0 Å². The molecule has 3 rings (SSSR count). The SMILES string of the molecule is CC(C)CCn1c(C(=O)NCC(C)C)cc2cc(NS(=O)(=O)c3cccc(C(F)(F)F)c3)ccc21. The lowest BCUT2D eigenvalue weighted by Gasteiger charge is -2.14. The molecule has 0 atom stereocenters. The van der Waals surface area contributed by atoms with Gasteiger partial charge in [-0.2, -0.15) is 13.2 Å². The van der Waals surface area contributed by atoms with Gasteiger partial charge in [-0.25, -0.2) is 8.42 Å². The van der Waals surface area contributed by atoms with Gasteiger partial charge in [0.05, 0.1) is 10.5 Å². The smallest absolute Gasteiger partial charge is 0.351 e. The summed E-state index contributed by atoms with van der Waals surface area (Å²) in [5.41, 5.74) is 0.377. The van der Waals surface area contributed by atoms with Crippen LogP contribution in [-0.2, 0) is 22.7 Å². The summed E-state index contributed by atoms with van der Waals surface area (Å²) in [6.07, 6.45) is -3.81. The summed E-state index contributed by atoms with van der Waals surface area (Å²) in [4.78, 5) is 12.4. The Kier molecular flexibility index (Phi) is 7.83. The van der Waals surface area contributed by atoms with Gasteiger partial charge in [0.15, 0.2) is 0 Å². The highest BCUT2D eigenvalue weighted by molar-refractivity contribution is 7.92. The number of nitrogens with zero attached hydrogens (tertiary/aromatic N) is 1. The molecular weight excluding hydrogens is 479 g/mol. The molecule has 0 aliphatic rings. The van der Waals surface area contributed by atoms with Gasteiger partial charge >= 0.3 is 6.18 Å². The molecule has 3 aromatic rings. The van der Waals surface area contributed by atoms with E-state index in [0.29, 0.717) is 36.2 Å². The van der Waals surface area contributed by atoms with Crippen LogP contribution >= 0.6 is 0 Å². The maximum atomic E-state index is 13.0. The van der Waals surface area contributed by atoms with Crippen LogP contribution in [0.5, 0.6) is 0 Å². The van der Waals surface area contributed by atoms with Gasteiger partial charge in [-0.15, -0.1) is 0 Å². The third-order valence-corrected chi connectivity index (χ3v) is 6.84. The Labute approximate surface area is 203 Å². The highest BCUT2D eigenvalue weighted by Crippen LogP contribution is 2.31. The first-order valence-corrected chi connectivity index (χ1v) is 12.9. The first kappa shape index (κ1) is 26.6. The van der Waals surface area contributed by atoms with Crippen molar-refractivity contribution in [1.29, 1.82) is 0 Å². The van der Waals surface area contributed by atoms with E-state index in [2.05, 4.69) is 23.9 Å². The zero-order valence-electron chi connectivity index (χ0n) is 20.1. The number of hydrogen-bond acceptors (Lipinski definition) is 3. The second kappa shape index (κ2) is 10.3. The summed E-state index contributed by atoms with van der Waals surface area (Å²) in [6, 6.07) is 10.1. The molecule has 10 heteroatoms. The molecule has 0 saturated heterocycles. The molecule has 0 saturated carbocycles. The lowest BCUT2D eigenvalue weighted by molar-refractivity contribution is -0.137. The number of carbonyl (C=O) groups excluding carboxylic acids is 1. The number of carbonyl (C=O) groups is 1. The number of hydrogen-bond donors (Lipinski definition) is 2. The quantitative estimate of drug-likeness (QED) is 0.377. The van der Waals surface area contributed by atoms with Crippen molar-refractivity contribution in [3.05, 3.63) is 59.8 Å². The normalized spacial score (nSPS) is 12.5. The molecule has 190 valence electrons. The van der Waals surface area contributed by atoms with E-state index in [-0.39, 0.29) is 17.5 Å². The average Bonchev–Trinajstić information content (AvgIpc) is 3.13. The molecule has 2 N–H and O–H groups in total. The average molecular weight is 510 g/mol. The molecule has 1 aromatic heterocycles. The van der Waals surface area contributed by atoms with Crippen LogP contribution in [0.1, 0.15) is 50.2 Å². The molecule has 1 amide bonds. The Bertz CT molecular complexity index is 1310. The molecule has 0 radical (unpaired) electrons. The zero-order valence-corrected chi connectivity index (χ0v) is 20.9. The van der Waals surface area contributed by atoms with Gasteiger partial charge in [0, 0.05) is 29.7 Å². The predicted molar refractivity (Wildman–Crippen MR) is 131 cm³/mol. The van der Waals surface area contributed by atoms with Gasteiger partial charge in [0.25, 0.3) is 15.9 Å². The van der Waals surface area contributed by atoms with E-state index < -0.39 is 26.7 Å². The number of halogens is 3. The molecule has 0 spiro atoms. The standard InChI is InChI=1S/C25H30F3N3O3S/c1-16(2)10-11-31-22-9-8-20(12-18(22)13-23(31)24(32)29-15-17(3)4)30-35(33,34)21-7-5-6-19(14-21)25(26,27)28/h5-9,12-14,16-17,30H,10-11,15H2,1-4H3,(H,29,32). The van der Waals surface area contributed by atoms with Crippen molar-refractivity contribution >= 4 is 32.5 Å². The second-order valence-electron chi connectivity index (χ2n) is 9.37. The van der Waals surface area contributed by atoms with E-state index in [1.807, 2.05) is 18.4 Å². The van der Waals surface area contributed by atoms with Crippen LogP contribution in [0.3, 0.4) is 0 Å². The first-order chi connectivity index (χ1) is 16.3. The minimum Gasteiger partial charge on any atom is -0.351 e. The fourth-order valence-electron chi connectivity index (χ4n) is 3.59. The molecule has 0 fully saturated rings. The predicted octanol–water partition coefficient (Wildman–Crippen LogP) is 5.89. The Morgan fingerprint density at radius 2 is 1.71 bits per heavy atom. The summed E-state index contributed by atoms with van der Waals surface area (Å²) >= 11 is 0. The second-order valence-corrected chi connectivity index (χ2v) is 11.1. The fourth-order valence-corrected chi connectivity index (χ4v) is 4.69. The number of alkyl halides is 3. The van der Waals surface area contributed by atoms with Crippen molar-refractivity contribution in [2.75, 3.05) is 11.3 Å². The molecule has 2 aromatic carbocycles. The van der Waals surface area contributed by atoms with Crippen molar-refractivity contribution in [2.45, 2.75) is 51.7 Å². The first-order valence-electron chi connectivity index (χ1n) is 11.4. The van der Waals surface area contributed by atoms with E-state index >= 15 is 0 Å². The van der Waals surface area contributed by atoms with Crippen molar-refractivity contribution in [3.8, 4) is 0 Å². The minimum absolute atomic E-state index is 0.185. The van der Waals surface area contributed by atoms with E-state index in [1.54, 1.807) is 18.2 Å². The number of rotatable bonds is 9. The monoisotopic (exact) mass is 509 g/mol. The number of benzene rings is 2. The van der Waals surface area contributed by atoms with E-state index in [1.165, 1.54) is 6.07 Å². The number of amides is 1.